The van der Waals surface area contributed by atoms with Gasteiger partial charge in [-0.25, -0.2) is 0 Å². The Morgan fingerprint density at radius 1 is 0.958 bits per heavy atom. The van der Waals surface area contributed by atoms with Crippen molar-refractivity contribution >= 4 is 23.4 Å². The van der Waals surface area contributed by atoms with Gasteiger partial charge in [-0.05, 0) is 43.5 Å². The number of hydrogen-bond donors (Lipinski definition) is 1. The Labute approximate surface area is 141 Å². The van der Waals surface area contributed by atoms with Gasteiger partial charge in [0.15, 0.2) is 0 Å². The molecule has 2 aliphatic rings. The first-order valence-corrected chi connectivity index (χ1v) is 8.50. The van der Waals surface area contributed by atoms with Crippen LogP contribution in [0.3, 0.4) is 0 Å². The minimum absolute atomic E-state index is 0.0273. The molecular weight excluding hydrogens is 306 g/mol. The third-order valence-corrected chi connectivity index (χ3v) is 4.58. The third-order valence-electron chi connectivity index (χ3n) is 4.58. The highest BCUT2D eigenvalue weighted by molar-refractivity contribution is 5.96. The average molecular weight is 329 g/mol. The number of rotatable bonds is 3. The molecule has 3 amide bonds. The predicted molar refractivity (Wildman–Crippen MR) is 90.6 cm³/mol. The lowest BCUT2D eigenvalue weighted by Gasteiger charge is -2.21. The molecule has 1 aromatic carbocycles. The van der Waals surface area contributed by atoms with Crippen molar-refractivity contribution in [1.82, 2.24) is 9.80 Å². The number of benzene rings is 1. The summed E-state index contributed by atoms with van der Waals surface area (Å²) in [6.07, 6.45) is 2.73. The molecule has 1 aliphatic heterocycles. The Kier molecular flexibility index (Phi) is 4.83. The molecule has 1 heterocycles. The van der Waals surface area contributed by atoms with Crippen LogP contribution in [0.1, 0.15) is 36.5 Å². The minimum atomic E-state index is -0.0273. The van der Waals surface area contributed by atoms with Crippen molar-refractivity contribution < 1.29 is 14.4 Å². The lowest BCUT2D eigenvalue weighted by atomic mass is 10.1. The second-order valence-corrected chi connectivity index (χ2v) is 6.49. The van der Waals surface area contributed by atoms with Crippen molar-refractivity contribution in [2.45, 2.75) is 26.2 Å². The number of carbonyl (C=O) groups excluding carboxylic acids is 3. The molecule has 0 spiro atoms. The van der Waals surface area contributed by atoms with Gasteiger partial charge in [0, 0.05) is 50.3 Å². The van der Waals surface area contributed by atoms with Gasteiger partial charge in [-0.15, -0.1) is 0 Å². The summed E-state index contributed by atoms with van der Waals surface area (Å²) < 4.78 is 0. The van der Waals surface area contributed by atoms with Crippen molar-refractivity contribution in [3.63, 3.8) is 0 Å². The molecule has 128 valence electrons. The maximum atomic E-state index is 12.6. The normalized spacial score (nSPS) is 18.0. The molecular formula is C18H23N3O3. The maximum absolute atomic E-state index is 12.6. The first-order chi connectivity index (χ1) is 11.5. The first-order valence-electron chi connectivity index (χ1n) is 8.50. The fourth-order valence-corrected chi connectivity index (χ4v) is 2.90. The van der Waals surface area contributed by atoms with Crippen molar-refractivity contribution in [2.75, 3.05) is 31.5 Å². The zero-order chi connectivity index (χ0) is 17.1. The lowest BCUT2D eigenvalue weighted by molar-refractivity contribution is -0.128. The Bertz CT molecular complexity index is 637. The molecule has 3 rings (SSSR count). The van der Waals surface area contributed by atoms with Gasteiger partial charge in [0.05, 0.1) is 0 Å². The largest absolute Gasteiger partial charge is 0.341 e. The van der Waals surface area contributed by atoms with Crippen LogP contribution in [-0.4, -0.2) is 53.7 Å². The summed E-state index contributed by atoms with van der Waals surface area (Å²) in [6.45, 7) is 4.05. The highest BCUT2D eigenvalue weighted by atomic mass is 16.2. The van der Waals surface area contributed by atoms with E-state index in [2.05, 4.69) is 5.32 Å². The topological polar surface area (TPSA) is 69.7 Å². The molecule has 0 bridgehead atoms. The third kappa shape index (κ3) is 3.93. The van der Waals surface area contributed by atoms with E-state index in [0.717, 1.165) is 24.9 Å². The summed E-state index contributed by atoms with van der Waals surface area (Å²) in [6, 6.07) is 7.04. The maximum Gasteiger partial charge on any atom is 0.253 e. The van der Waals surface area contributed by atoms with Gasteiger partial charge >= 0.3 is 0 Å². The van der Waals surface area contributed by atoms with Gasteiger partial charge in [0.1, 0.15) is 0 Å². The van der Waals surface area contributed by atoms with E-state index in [0.29, 0.717) is 31.7 Å². The van der Waals surface area contributed by atoms with E-state index in [1.165, 1.54) is 0 Å². The molecule has 6 heteroatoms. The van der Waals surface area contributed by atoms with E-state index in [1.807, 2.05) is 0 Å². The van der Waals surface area contributed by atoms with E-state index in [4.69, 9.17) is 0 Å². The monoisotopic (exact) mass is 329 g/mol. The quantitative estimate of drug-likeness (QED) is 0.918. The van der Waals surface area contributed by atoms with Gasteiger partial charge in [0.25, 0.3) is 5.91 Å². The Morgan fingerprint density at radius 3 is 2.21 bits per heavy atom. The van der Waals surface area contributed by atoms with Crippen LogP contribution in [-0.2, 0) is 9.59 Å². The van der Waals surface area contributed by atoms with E-state index in [-0.39, 0.29) is 23.6 Å². The average Bonchev–Trinajstić information content (AvgIpc) is 3.41. The first kappa shape index (κ1) is 16.5. The second kappa shape index (κ2) is 7.03. The van der Waals surface area contributed by atoms with Gasteiger partial charge in [0.2, 0.25) is 11.8 Å². The molecule has 0 aromatic heterocycles. The van der Waals surface area contributed by atoms with Gasteiger partial charge in [-0.1, -0.05) is 0 Å². The number of hydrogen-bond acceptors (Lipinski definition) is 3. The molecule has 0 unspecified atom stereocenters. The smallest absolute Gasteiger partial charge is 0.253 e. The number of nitrogens with one attached hydrogen (secondary N) is 1. The van der Waals surface area contributed by atoms with Crippen molar-refractivity contribution in [3.8, 4) is 0 Å². The number of amides is 3. The predicted octanol–water partition coefficient (Wildman–Crippen LogP) is 1.73. The van der Waals surface area contributed by atoms with Crippen LogP contribution >= 0.6 is 0 Å². The molecule has 6 nitrogen and oxygen atoms in total. The van der Waals surface area contributed by atoms with Gasteiger partial charge in [-0.2, -0.15) is 0 Å². The molecule has 2 fully saturated rings. The number of nitrogens with zero attached hydrogens (tertiary/aromatic N) is 2. The summed E-state index contributed by atoms with van der Waals surface area (Å²) in [5, 5.41) is 2.87. The summed E-state index contributed by atoms with van der Waals surface area (Å²) in [7, 11) is 0. The fourth-order valence-electron chi connectivity index (χ4n) is 2.90. The SMILES string of the molecule is CC(=O)N1CCCN(C(=O)c2ccc(NC(=O)C3CC3)cc2)CC1. The molecule has 1 aromatic rings. The minimum Gasteiger partial charge on any atom is -0.341 e. The van der Waals surface area contributed by atoms with Crippen molar-refractivity contribution in [3.05, 3.63) is 29.8 Å². The van der Waals surface area contributed by atoms with Crippen molar-refractivity contribution in [2.24, 2.45) is 5.92 Å². The Morgan fingerprint density at radius 2 is 1.58 bits per heavy atom. The van der Waals surface area contributed by atoms with Crippen LogP contribution in [0.15, 0.2) is 24.3 Å². The lowest BCUT2D eigenvalue weighted by Crippen LogP contribution is -2.36. The second-order valence-electron chi connectivity index (χ2n) is 6.49. The van der Waals surface area contributed by atoms with Gasteiger partial charge < -0.3 is 15.1 Å². The summed E-state index contributed by atoms with van der Waals surface area (Å²) >= 11 is 0. The van der Waals surface area contributed by atoms with E-state index < -0.39 is 0 Å². The molecule has 0 radical (unpaired) electrons. The van der Waals surface area contributed by atoms with Crippen LogP contribution in [0.25, 0.3) is 0 Å². The summed E-state index contributed by atoms with van der Waals surface area (Å²) in [5.74, 6) is 0.249. The highest BCUT2D eigenvalue weighted by Gasteiger charge is 2.29. The highest BCUT2D eigenvalue weighted by Crippen LogP contribution is 2.30. The van der Waals surface area contributed by atoms with Crippen LogP contribution in [0.5, 0.6) is 0 Å². The Hall–Kier alpha value is -2.37. The molecule has 1 N–H and O–H groups in total. The van der Waals surface area contributed by atoms with Crippen LogP contribution in [0.4, 0.5) is 5.69 Å². The Balaban J connectivity index is 1.60. The molecule has 1 aliphatic carbocycles. The number of anilines is 1. The van der Waals surface area contributed by atoms with E-state index in [1.54, 1.807) is 41.0 Å². The molecule has 1 saturated heterocycles. The molecule has 24 heavy (non-hydrogen) atoms. The zero-order valence-electron chi connectivity index (χ0n) is 14.0. The van der Waals surface area contributed by atoms with E-state index in [9.17, 15) is 14.4 Å². The van der Waals surface area contributed by atoms with Crippen molar-refractivity contribution in [1.29, 1.82) is 0 Å². The molecule has 0 atom stereocenters. The molecule has 1 saturated carbocycles. The zero-order valence-corrected chi connectivity index (χ0v) is 14.0. The fraction of sp³-hybridized carbons (Fsp3) is 0.500. The van der Waals surface area contributed by atoms with Crippen LogP contribution < -0.4 is 5.32 Å². The van der Waals surface area contributed by atoms with Crippen LogP contribution in [0.2, 0.25) is 0 Å². The van der Waals surface area contributed by atoms with Crippen LogP contribution in [0, 0.1) is 5.92 Å². The standard InChI is InChI=1S/C18H23N3O3/c1-13(22)20-9-2-10-21(12-11-20)18(24)15-5-7-16(8-6-15)19-17(23)14-3-4-14/h5-8,14H,2-4,9-12H2,1H3,(H,19,23). The number of carbonyl (C=O) groups is 3. The summed E-state index contributed by atoms with van der Waals surface area (Å²) in [5.41, 5.74) is 1.33. The van der Waals surface area contributed by atoms with E-state index >= 15 is 0 Å². The summed E-state index contributed by atoms with van der Waals surface area (Å²) in [4.78, 5) is 39.4. The van der Waals surface area contributed by atoms with Gasteiger partial charge in [-0.3, -0.25) is 14.4 Å².